The molecule has 31 heavy (non-hydrogen) atoms. The lowest BCUT2D eigenvalue weighted by Crippen LogP contribution is -2.36. The van der Waals surface area contributed by atoms with Gasteiger partial charge in [-0.15, -0.1) is 0 Å². The molecule has 0 saturated heterocycles. The molecule has 4 rings (SSSR count). The number of hydrogen-bond donors (Lipinski definition) is 1. The van der Waals surface area contributed by atoms with Gasteiger partial charge in [-0.1, -0.05) is 32.0 Å². The second-order valence-corrected chi connectivity index (χ2v) is 8.19. The molecule has 1 atom stereocenters. The topological polar surface area (TPSA) is 82.5 Å². The van der Waals surface area contributed by atoms with E-state index in [4.69, 9.17) is 9.47 Å². The van der Waals surface area contributed by atoms with E-state index in [9.17, 15) is 9.59 Å². The van der Waals surface area contributed by atoms with Gasteiger partial charge in [0.15, 0.2) is 11.5 Å². The minimum Gasteiger partial charge on any atom is -0.490 e. The third kappa shape index (κ3) is 4.40. The van der Waals surface area contributed by atoms with Crippen molar-refractivity contribution in [2.45, 2.75) is 39.8 Å². The molecule has 0 radical (unpaired) electrons. The number of aryl methyl sites for hydroxylation is 1. The third-order valence-corrected chi connectivity index (χ3v) is 5.48. The normalized spacial score (nSPS) is 14.3. The van der Waals surface area contributed by atoms with Crippen LogP contribution >= 0.6 is 0 Å². The number of benzene rings is 2. The molecule has 162 valence electrons. The summed E-state index contributed by atoms with van der Waals surface area (Å²) in [5.74, 6) is 1.31. The molecule has 1 N–H and O–H groups in total. The Morgan fingerprint density at radius 2 is 1.94 bits per heavy atom. The van der Waals surface area contributed by atoms with Crippen LogP contribution in [-0.2, 0) is 11.3 Å². The maximum absolute atomic E-state index is 12.8. The quantitative estimate of drug-likeness (QED) is 0.683. The maximum Gasteiger partial charge on any atom is 0.261 e. The molecule has 3 aromatic rings. The molecule has 7 nitrogen and oxygen atoms in total. The molecule has 2 aromatic carbocycles. The molecule has 1 unspecified atom stereocenters. The molecule has 1 aromatic heterocycles. The third-order valence-electron chi connectivity index (χ3n) is 5.48. The van der Waals surface area contributed by atoms with E-state index in [2.05, 4.69) is 10.3 Å². The number of aromatic nitrogens is 2. The Morgan fingerprint density at radius 1 is 1.16 bits per heavy atom. The summed E-state index contributed by atoms with van der Waals surface area (Å²) in [5.41, 5.74) is 2.31. The fourth-order valence-corrected chi connectivity index (χ4v) is 3.83. The lowest BCUT2D eigenvalue weighted by molar-refractivity contribution is -0.122. The number of amides is 1. The number of carbonyl (C=O) groups is 1. The van der Waals surface area contributed by atoms with Gasteiger partial charge in [0.25, 0.3) is 5.56 Å². The smallest absolute Gasteiger partial charge is 0.261 e. The lowest BCUT2D eigenvalue weighted by Gasteiger charge is -2.24. The van der Waals surface area contributed by atoms with E-state index in [0.717, 1.165) is 23.3 Å². The summed E-state index contributed by atoms with van der Waals surface area (Å²) in [4.78, 5) is 30.0. The standard InChI is InChI=1S/C24H27N3O4/c1-15(2)22(17-8-9-19-20(12-17)31-11-5-10-30-19)26-21(28)13-27-14-25-23-16(3)6-4-7-18(23)24(27)29/h4,6-9,12,14-15,22H,5,10-11,13H2,1-3H3,(H,26,28). The fourth-order valence-electron chi connectivity index (χ4n) is 3.83. The average Bonchev–Trinajstić information content (AvgIpc) is 2.99. The van der Waals surface area contributed by atoms with Crippen molar-refractivity contribution in [2.75, 3.05) is 13.2 Å². The molecule has 0 fully saturated rings. The Kier molecular flexibility index (Phi) is 5.93. The second-order valence-electron chi connectivity index (χ2n) is 8.19. The highest BCUT2D eigenvalue weighted by molar-refractivity contribution is 5.81. The Bertz CT molecular complexity index is 1170. The van der Waals surface area contributed by atoms with Crippen molar-refractivity contribution in [3.63, 3.8) is 0 Å². The van der Waals surface area contributed by atoms with Gasteiger partial charge in [0.05, 0.1) is 36.5 Å². The Labute approximate surface area is 181 Å². The zero-order chi connectivity index (χ0) is 22.0. The summed E-state index contributed by atoms with van der Waals surface area (Å²) in [6.07, 6.45) is 2.28. The molecule has 1 amide bonds. The second kappa shape index (κ2) is 8.79. The summed E-state index contributed by atoms with van der Waals surface area (Å²) in [7, 11) is 0. The molecular formula is C24H27N3O4. The van der Waals surface area contributed by atoms with E-state index in [-0.39, 0.29) is 30.0 Å². The van der Waals surface area contributed by atoms with Crippen molar-refractivity contribution in [3.05, 3.63) is 64.2 Å². The maximum atomic E-state index is 12.8. The number of nitrogens with one attached hydrogen (secondary N) is 1. The number of rotatable bonds is 5. The lowest BCUT2D eigenvalue weighted by atomic mass is 9.95. The molecule has 1 aliphatic rings. The van der Waals surface area contributed by atoms with E-state index in [1.54, 1.807) is 6.07 Å². The number of fused-ring (bicyclic) bond motifs is 2. The van der Waals surface area contributed by atoms with Crippen molar-refractivity contribution < 1.29 is 14.3 Å². The van der Waals surface area contributed by atoms with Crippen LogP contribution in [0.2, 0.25) is 0 Å². The van der Waals surface area contributed by atoms with Gasteiger partial charge in [0.1, 0.15) is 6.54 Å². The van der Waals surface area contributed by atoms with Gasteiger partial charge >= 0.3 is 0 Å². The number of hydrogen-bond acceptors (Lipinski definition) is 5. The van der Waals surface area contributed by atoms with Gasteiger partial charge in [-0.2, -0.15) is 0 Å². The predicted octanol–water partition coefficient (Wildman–Crippen LogP) is 3.38. The van der Waals surface area contributed by atoms with Crippen molar-refractivity contribution in [3.8, 4) is 11.5 Å². The fraction of sp³-hybridized carbons (Fsp3) is 0.375. The van der Waals surface area contributed by atoms with Crippen LogP contribution in [0.5, 0.6) is 11.5 Å². The van der Waals surface area contributed by atoms with Gasteiger partial charge in [-0.05, 0) is 42.2 Å². The molecule has 7 heteroatoms. The number of carbonyl (C=O) groups excluding carboxylic acids is 1. The van der Waals surface area contributed by atoms with Gasteiger partial charge in [-0.25, -0.2) is 4.98 Å². The molecule has 2 heterocycles. The number of ether oxygens (including phenoxy) is 2. The minimum absolute atomic E-state index is 0.0938. The van der Waals surface area contributed by atoms with E-state index in [1.165, 1.54) is 10.9 Å². The Hall–Kier alpha value is -3.35. The number of para-hydroxylation sites is 1. The van der Waals surface area contributed by atoms with Crippen molar-refractivity contribution >= 4 is 16.8 Å². The van der Waals surface area contributed by atoms with Crippen molar-refractivity contribution in [2.24, 2.45) is 5.92 Å². The van der Waals surface area contributed by atoms with E-state index >= 15 is 0 Å². The van der Waals surface area contributed by atoms with Gasteiger partial charge in [0, 0.05) is 6.42 Å². The highest BCUT2D eigenvalue weighted by atomic mass is 16.5. The monoisotopic (exact) mass is 421 g/mol. The first kappa shape index (κ1) is 20.9. The van der Waals surface area contributed by atoms with E-state index < -0.39 is 0 Å². The molecule has 0 saturated carbocycles. The van der Waals surface area contributed by atoms with E-state index in [1.807, 2.05) is 51.1 Å². The summed E-state index contributed by atoms with van der Waals surface area (Å²) in [5, 5.41) is 3.58. The molecule has 0 spiro atoms. The summed E-state index contributed by atoms with van der Waals surface area (Å²) < 4.78 is 12.8. The van der Waals surface area contributed by atoms with Gasteiger partial charge in [-0.3, -0.25) is 14.2 Å². The molecule has 0 bridgehead atoms. The molecule has 0 aliphatic carbocycles. The van der Waals surface area contributed by atoms with Crippen LogP contribution in [0.4, 0.5) is 0 Å². The summed E-state index contributed by atoms with van der Waals surface area (Å²) in [6.45, 7) is 7.14. The van der Waals surface area contributed by atoms with Crippen LogP contribution in [0.3, 0.4) is 0 Å². The largest absolute Gasteiger partial charge is 0.490 e. The van der Waals surface area contributed by atoms with E-state index in [0.29, 0.717) is 29.9 Å². The van der Waals surface area contributed by atoms with Gasteiger partial charge in [0.2, 0.25) is 5.91 Å². The van der Waals surface area contributed by atoms with Crippen LogP contribution < -0.4 is 20.3 Å². The minimum atomic E-state index is -0.248. The summed E-state index contributed by atoms with van der Waals surface area (Å²) in [6, 6.07) is 11.0. The first-order valence-electron chi connectivity index (χ1n) is 10.6. The highest BCUT2D eigenvalue weighted by Crippen LogP contribution is 2.34. The van der Waals surface area contributed by atoms with Crippen LogP contribution in [0.25, 0.3) is 10.9 Å². The van der Waals surface area contributed by atoms with Gasteiger partial charge < -0.3 is 14.8 Å². The number of nitrogens with zero attached hydrogens (tertiary/aromatic N) is 2. The molecule has 1 aliphatic heterocycles. The zero-order valence-electron chi connectivity index (χ0n) is 18.1. The van der Waals surface area contributed by atoms with Crippen LogP contribution in [0.15, 0.2) is 47.5 Å². The molecular weight excluding hydrogens is 394 g/mol. The average molecular weight is 421 g/mol. The van der Waals surface area contributed by atoms with Crippen LogP contribution in [0, 0.1) is 12.8 Å². The van der Waals surface area contributed by atoms with Crippen molar-refractivity contribution in [1.82, 2.24) is 14.9 Å². The Morgan fingerprint density at radius 3 is 2.71 bits per heavy atom. The van der Waals surface area contributed by atoms with Crippen LogP contribution in [-0.4, -0.2) is 28.7 Å². The Balaban J connectivity index is 1.55. The first-order chi connectivity index (χ1) is 14.9. The summed E-state index contributed by atoms with van der Waals surface area (Å²) >= 11 is 0. The van der Waals surface area contributed by atoms with Crippen molar-refractivity contribution in [1.29, 1.82) is 0 Å². The highest BCUT2D eigenvalue weighted by Gasteiger charge is 2.21. The first-order valence-corrected chi connectivity index (χ1v) is 10.6. The zero-order valence-corrected chi connectivity index (χ0v) is 18.1. The SMILES string of the molecule is Cc1cccc2c(=O)n(CC(=O)NC(c3ccc4c(c3)OCCCO4)C(C)C)cnc12. The predicted molar refractivity (Wildman–Crippen MR) is 119 cm³/mol. The van der Waals surface area contributed by atoms with Crippen LogP contribution in [0.1, 0.15) is 37.4 Å².